The van der Waals surface area contributed by atoms with E-state index in [1.165, 1.54) is 0 Å². The molecule has 216 valence electrons. The van der Waals surface area contributed by atoms with Gasteiger partial charge in [-0.3, -0.25) is 9.59 Å². The fraction of sp³-hybridized carbons (Fsp3) is 0.235. The molecule has 1 aliphatic rings. The Labute approximate surface area is 255 Å². The summed E-state index contributed by atoms with van der Waals surface area (Å²) >= 11 is 12.7. The average Bonchev–Trinajstić information content (AvgIpc) is 3.02. The molecular formula is C34H30Cl2O6. The second-order valence-electron chi connectivity index (χ2n) is 10.1. The molecule has 0 aromatic heterocycles. The van der Waals surface area contributed by atoms with Crippen LogP contribution in [0.3, 0.4) is 0 Å². The molecule has 0 bridgehead atoms. The van der Waals surface area contributed by atoms with Gasteiger partial charge in [0.25, 0.3) is 0 Å². The van der Waals surface area contributed by atoms with Crippen LogP contribution in [0.1, 0.15) is 36.8 Å². The topological polar surface area (TPSA) is 71.1 Å². The van der Waals surface area contributed by atoms with Gasteiger partial charge in [0.15, 0.2) is 0 Å². The lowest BCUT2D eigenvalue weighted by atomic mass is 9.82. The largest absolute Gasteiger partial charge is 0.489 e. The number of carbonyl (C=O) groups excluding carboxylic acids is 2. The highest BCUT2D eigenvalue weighted by atomic mass is 35.5. The molecule has 1 saturated carbocycles. The van der Waals surface area contributed by atoms with Crippen LogP contribution in [0.5, 0.6) is 23.0 Å². The first-order valence-electron chi connectivity index (χ1n) is 13.8. The van der Waals surface area contributed by atoms with E-state index in [0.29, 0.717) is 60.4 Å². The van der Waals surface area contributed by atoms with Crippen LogP contribution in [-0.4, -0.2) is 11.9 Å². The molecule has 6 nitrogen and oxygen atoms in total. The van der Waals surface area contributed by atoms with Crippen molar-refractivity contribution in [1.29, 1.82) is 0 Å². The Hall–Kier alpha value is -4.00. The molecule has 0 unspecified atom stereocenters. The van der Waals surface area contributed by atoms with E-state index in [9.17, 15) is 9.59 Å². The van der Waals surface area contributed by atoms with Crippen LogP contribution >= 0.6 is 23.2 Å². The number of esters is 2. The van der Waals surface area contributed by atoms with Gasteiger partial charge in [0.1, 0.15) is 36.2 Å². The minimum Gasteiger partial charge on any atom is -0.489 e. The predicted molar refractivity (Wildman–Crippen MR) is 161 cm³/mol. The molecular weight excluding hydrogens is 575 g/mol. The van der Waals surface area contributed by atoms with Crippen LogP contribution in [0.15, 0.2) is 97.1 Å². The minimum absolute atomic E-state index is 0.279. The molecule has 0 heterocycles. The highest BCUT2D eigenvalue weighted by molar-refractivity contribution is 6.32. The Kier molecular flexibility index (Phi) is 10.0. The van der Waals surface area contributed by atoms with E-state index in [-0.39, 0.29) is 35.3 Å². The Morgan fingerprint density at radius 3 is 1.31 bits per heavy atom. The number of halogens is 2. The number of ether oxygens (including phenoxy) is 4. The molecule has 0 spiro atoms. The van der Waals surface area contributed by atoms with Crippen molar-refractivity contribution in [2.24, 2.45) is 11.8 Å². The first-order valence-corrected chi connectivity index (χ1v) is 14.6. The second-order valence-corrected chi connectivity index (χ2v) is 10.9. The minimum atomic E-state index is -0.365. The van der Waals surface area contributed by atoms with Gasteiger partial charge >= 0.3 is 11.9 Å². The molecule has 1 fully saturated rings. The van der Waals surface area contributed by atoms with Crippen molar-refractivity contribution in [2.45, 2.75) is 38.9 Å². The van der Waals surface area contributed by atoms with Gasteiger partial charge in [-0.25, -0.2) is 0 Å². The summed E-state index contributed by atoms with van der Waals surface area (Å²) in [7, 11) is 0. The van der Waals surface area contributed by atoms with Gasteiger partial charge < -0.3 is 18.9 Å². The predicted octanol–water partition coefficient (Wildman–Crippen LogP) is 8.47. The number of benzene rings is 4. The van der Waals surface area contributed by atoms with Crippen molar-refractivity contribution < 1.29 is 28.5 Å². The van der Waals surface area contributed by atoms with Crippen LogP contribution in [0.25, 0.3) is 0 Å². The van der Waals surface area contributed by atoms with E-state index < -0.39 is 0 Å². The van der Waals surface area contributed by atoms with Gasteiger partial charge in [-0.1, -0.05) is 83.9 Å². The molecule has 42 heavy (non-hydrogen) atoms. The third kappa shape index (κ3) is 8.05. The fourth-order valence-electron chi connectivity index (χ4n) is 4.74. The summed E-state index contributed by atoms with van der Waals surface area (Å²) in [6.07, 6.45) is 2.03. The third-order valence-electron chi connectivity index (χ3n) is 7.12. The lowest BCUT2D eigenvalue weighted by molar-refractivity contribution is -0.145. The summed E-state index contributed by atoms with van der Waals surface area (Å²) in [6, 6.07) is 29.5. The van der Waals surface area contributed by atoms with Gasteiger partial charge in [-0.05, 0) is 61.1 Å². The van der Waals surface area contributed by atoms with Crippen molar-refractivity contribution in [3.05, 3.63) is 118 Å². The zero-order valence-electron chi connectivity index (χ0n) is 22.8. The number of rotatable bonds is 10. The summed E-state index contributed by atoms with van der Waals surface area (Å²) in [5.41, 5.74) is 2.07. The van der Waals surface area contributed by atoms with Gasteiger partial charge in [-0.2, -0.15) is 0 Å². The van der Waals surface area contributed by atoms with Crippen molar-refractivity contribution in [3.63, 3.8) is 0 Å². The van der Waals surface area contributed by atoms with E-state index >= 15 is 0 Å². The molecule has 0 saturated heterocycles. The maximum Gasteiger partial charge on any atom is 0.314 e. The maximum atomic E-state index is 12.8. The van der Waals surface area contributed by atoms with Crippen molar-refractivity contribution >= 4 is 35.1 Å². The summed E-state index contributed by atoms with van der Waals surface area (Å²) in [6.45, 7) is 0.811. The van der Waals surface area contributed by atoms with Crippen LogP contribution in [-0.2, 0) is 22.8 Å². The zero-order chi connectivity index (χ0) is 29.3. The van der Waals surface area contributed by atoms with Crippen molar-refractivity contribution in [3.8, 4) is 23.0 Å². The van der Waals surface area contributed by atoms with E-state index in [2.05, 4.69) is 0 Å². The molecule has 0 atom stereocenters. The Bertz CT molecular complexity index is 1390. The lowest BCUT2D eigenvalue weighted by Crippen LogP contribution is -2.30. The molecule has 0 aliphatic heterocycles. The van der Waals surface area contributed by atoms with E-state index in [1.54, 1.807) is 36.4 Å². The van der Waals surface area contributed by atoms with E-state index in [4.69, 9.17) is 42.1 Å². The zero-order valence-corrected chi connectivity index (χ0v) is 24.4. The Morgan fingerprint density at radius 1 is 0.571 bits per heavy atom. The molecule has 1 aliphatic carbocycles. The number of hydrogen-bond acceptors (Lipinski definition) is 6. The first-order chi connectivity index (χ1) is 20.4. The van der Waals surface area contributed by atoms with Crippen LogP contribution in [0.4, 0.5) is 0 Å². The highest BCUT2D eigenvalue weighted by Gasteiger charge is 2.32. The molecule has 5 rings (SSSR count). The quantitative estimate of drug-likeness (QED) is 0.133. The maximum absolute atomic E-state index is 12.8. The number of carbonyl (C=O) groups is 2. The van der Waals surface area contributed by atoms with Gasteiger partial charge in [0.2, 0.25) is 0 Å². The lowest BCUT2D eigenvalue weighted by Gasteiger charge is -2.26. The molecule has 8 heteroatoms. The average molecular weight is 606 g/mol. The first kappa shape index (κ1) is 29.5. The molecule has 0 N–H and O–H groups in total. The van der Waals surface area contributed by atoms with E-state index in [0.717, 1.165) is 11.1 Å². The Morgan fingerprint density at radius 2 is 0.952 bits per heavy atom. The van der Waals surface area contributed by atoms with Crippen LogP contribution < -0.4 is 18.9 Å². The normalized spacial score (nSPS) is 16.3. The summed E-state index contributed by atoms with van der Waals surface area (Å²) < 4.78 is 22.8. The summed E-state index contributed by atoms with van der Waals surface area (Å²) in [5.74, 6) is 0.329. The summed E-state index contributed by atoms with van der Waals surface area (Å²) in [5, 5.41) is 0.582. The third-order valence-corrected chi connectivity index (χ3v) is 7.71. The smallest absolute Gasteiger partial charge is 0.314 e. The van der Waals surface area contributed by atoms with Gasteiger partial charge in [0.05, 0.1) is 21.9 Å². The van der Waals surface area contributed by atoms with Crippen molar-refractivity contribution in [2.75, 3.05) is 0 Å². The molecule has 4 aromatic carbocycles. The van der Waals surface area contributed by atoms with E-state index in [1.807, 2.05) is 60.7 Å². The standard InChI is InChI=1S/C34H30Cl2O6/c35-29-19-27(39-21-23-7-3-1-4-8-23)15-17-31(29)41-33(37)25-11-13-26(14-12-25)34(38)42-32-18-16-28(20-30(32)36)40-22-24-9-5-2-6-10-24/h1-10,15-20,25-26H,11-14,21-22H2. The van der Waals surface area contributed by atoms with Crippen molar-refractivity contribution in [1.82, 2.24) is 0 Å². The van der Waals surface area contributed by atoms with Gasteiger partial charge in [0, 0.05) is 12.1 Å². The number of hydrogen-bond donors (Lipinski definition) is 0. The molecule has 4 aromatic rings. The second kappa shape index (κ2) is 14.3. The highest BCUT2D eigenvalue weighted by Crippen LogP contribution is 2.35. The molecule has 0 radical (unpaired) electrons. The fourth-order valence-corrected chi connectivity index (χ4v) is 5.16. The Balaban J connectivity index is 1.07. The SMILES string of the molecule is O=C(Oc1ccc(OCc2ccccc2)cc1Cl)C1CCC(C(=O)Oc2ccc(OCc3ccccc3)cc2Cl)CC1. The monoisotopic (exact) mass is 604 g/mol. The summed E-state index contributed by atoms with van der Waals surface area (Å²) in [4.78, 5) is 25.7. The van der Waals surface area contributed by atoms with Crippen LogP contribution in [0, 0.1) is 11.8 Å². The van der Waals surface area contributed by atoms with Gasteiger partial charge in [-0.15, -0.1) is 0 Å². The molecule has 0 amide bonds. The van der Waals surface area contributed by atoms with Crippen LogP contribution in [0.2, 0.25) is 10.0 Å².